The fourth-order valence-electron chi connectivity index (χ4n) is 3.57. The van der Waals surface area contributed by atoms with E-state index in [4.69, 9.17) is 4.74 Å². The van der Waals surface area contributed by atoms with Gasteiger partial charge in [0.1, 0.15) is 11.8 Å². The molecule has 2 amide bonds. The summed E-state index contributed by atoms with van der Waals surface area (Å²) >= 11 is 3.61. The Morgan fingerprint density at radius 2 is 1.73 bits per heavy atom. The van der Waals surface area contributed by atoms with E-state index in [1.807, 2.05) is 81.4 Å². The number of ether oxygens (including phenoxy) is 1. The molecule has 2 atom stereocenters. The second-order valence-electron chi connectivity index (χ2n) is 8.33. The Balaban J connectivity index is 1.80. The molecule has 0 aliphatic carbocycles. The second-order valence-corrected chi connectivity index (χ2v) is 9.12. The van der Waals surface area contributed by atoms with Crippen molar-refractivity contribution in [3.05, 3.63) is 76.3 Å². The first kappa shape index (κ1) is 24.8. The summed E-state index contributed by atoms with van der Waals surface area (Å²) < 4.78 is 6.72. The first-order valence-corrected chi connectivity index (χ1v) is 12.1. The highest BCUT2D eigenvalue weighted by Crippen LogP contribution is 2.33. The van der Waals surface area contributed by atoms with Crippen molar-refractivity contribution in [2.45, 2.75) is 52.7 Å². The van der Waals surface area contributed by atoms with Gasteiger partial charge < -0.3 is 15.0 Å². The summed E-state index contributed by atoms with van der Waals surface area (Å²) in [6, 6.07) is 19.1. The van der Waals surface area contributed by atoms with Crippen molar-refractivity contribution in [3.8, 4) is 5.75 Å². The summed E-state index contributed by atoms with van der Waals surface area (Å²) in [4.78, 5) is 27.8. The monoisotopic (exact) mass is 510 g/mol. The number of carbonyl (C=O) groups is 2. The molecule has 0 saturated carbocycles. The SMILES string of the molecule is CCC(C)NC(=O)C(C)N(Cc1ccccc1C)C(=O)COc1ccc2ccccc2c1Br. The number of hydrogen-bond donors (Lipinski definition) is 1. The van der Waals surface area contributed by atoms with E-state index < -0.39 is 6.04 Å². The largest absolute Gasteiger partial charge is 0.483 e. The number of hydrogen-bond acceptors (Lipinski definition) is 3. The maximum absolute atomic E-state index is 13.3. The van der Waals surface area contributed by atoms with Crippen molar-refractivity contribution >= 4 is 38.5 Å². The average molecular weight is 511 g/mol. The highest BCUT2D eigenvalue weighted by molar-refractivity contribution is 9.10. The highest BCUT2D eigenvalue weighted by atomic mass is 79.9. The third-order valence-corrected chi connectivity index (χ3v) is 6.77. The lowest BCUT2D eigenvalue weighted by molar-refractivity contribution is -0.142. The molecule has 174 valence electrons. The average Bonchev–Trinajstić information content (AvgIpc) is 2.82. The van der Waals surface area contributed by atoms with Gasteiger partial charge in [-0.15, -0.1) is 0 Å². The number of benzene rings is 3. The van der Waals surface area contributed by atoms with Crippen LogP contribution in [0.25, 0.3) is 10.8 Å². The molecule has 0 spiro atoms. The number of nitrogens with one attached hydrogen (secondary N) is 1. The van der Waals surface area contributed by atoms with Crippen molar-refractivity contribution < 1.29 is 14.3 Å². The Kier molecular flexibility index (Phi) is 8.50. The molecule has 1 N–H and O–H groups in total. The van der Waals surface area contributed by atoms with E-state index in [0.717, 1.165) is 32.8 Å². The summed E-state index contributed by atoms with van der Waals surface area (Å²) in [6.07, 6.45) is 0.823. The van der Waals surface area contributed by atoms with E-state index in [9.17, 15) is 9.59 Å². The van der Waals surface area contributed by atoms with Gasteiger partial charge in [-0.05, 0) is 71.1 Å². The fraction of sp³-hybridized carbons (Fsp3) is 0.333. The summed E-state index contributed by atoms with van der Waals surface area (Å²) in [5.41, 5.74) is 2.07. The maximum Gasteiger partial charge on any atom is 0.261 e. The van der Waals surface area contributed by atoms with Crippen LogP contribution in [0.15, 0.2) is 65.1 Å². The van der Waals surface area contributed by atoms with Crippen molar-refractivity contribution in [2.75, 3.05) is 6.61 Å². The predicted octanol–water partition coefficient (Wildman–Crippen LogP) is 5.62. The molecule has 2 unspecified atom stereocenters. The molecular formula is C27H31BrN2O3. The maximum atomic E-state index is 13.3. The quantitative estimate of drug-likeness (QED) is 0.406. The zero-order valence-electron chi connectivity index (χ0n) is 19.6. The summed E-state index contributed by atoms with van der Waals surface area (Å²) in [5, 5.41) is 5.08. The van der Waals surface area contributed by atoms with Crippen molar-refractivity contribution in [2.24, 2.45) is 0 Å². The molecule has 0 aromatic heterocycles. The van der Waals surface area contributed by atoms with E-state index in [1.165, 1.54) is 0 Å². The Morgan fingerprint density at radius 3 is 2.45 bits per heavy atom. The van der Waals surface area contributed by atoms with E-state index in [2.05, 4.69) is 21.2 Å². The first-order valence-electron chi connectivity index (χ1n) is 11.3. The van der Waals surface area contributed by atoms with Crippen molar-refractivity contribution in [1.82, 2.24) is 10.2 Å². The first-order chi connectivity index (χ1) is 15.8. The van der Waals surface area contributed by atoms with Gasteiger partial charge in [0, 0.05) is 12.6 Å². The molecular weight excluding hydrogens is 480 g/mol. The fourth-order valence-corrected chi connectivity index (χ4v) is 4.17. The number of fused-ring (bicyclic) bond motifs is 1. The Labute approximate surface area is 204 Å². The summed E-state index contributed by atoms with van der Waals surface area (Å²) in [6.45, 7) is 7.91. The third kappa shape index (κ3) is 6.14. The number of amides is 2. The van der Waals surface area contributed by atoms with Gasteiger partial charge in [0.15, 0.2) is 6.61 Å². The summed E-state index contributed by atoms with van der Waals surface area (Å²) in [5.74, 6) is 0.179. The lowest BCUT2D eigenvalue weighted by Crippen LogP contribution is -2.50. The molecule has 0 aliphatic heterocycles. The number of aryl methyl sites for hydroxylation is 1. The minimum atomic E-state index is -0.630. The third-order valence-electron chi connectivity index (χ3n) is 5.95. The van der Waals surface area contributed by atoms with Gasteiger partial charge >= 0.3 is 0 Å². The van der Waals surface area contributed by atoms with Gasteiger partial charge in [-0.2, -0.15) is 0 Å². The van der Waals surface area contributed by atoms with E-state index in [0.29, 0.717) is 12.3 Å². The Bertz CT molecular complexity index is 1130. The van der Waals surface area contributed by atoms with Crippen molar-refractivity contribution in [3.63, 3.8) is 0 Å². The molecule has 0 fully saturated rings. The van der Waals surface area contributed by atoms with Gasteiger partial charge in [-0.3, -0.25) is 9.59 Å². The van der Waals surface area contributed by atoms with Crippen LogP contribution in [0.3, 0.4) is 0 Å². The van der Waals surface area contributed by atoms with Gasteiger partial charge in [0.05, 0.1) is 4.47 Å². The summed E-state index contributed by atoms with van der Waals surface area (Å²) in [7, 11) is 0. The van der Waals surface area contributed by atoms with Crippen LogP contribution in [0.5, 0.6) is 5.75 Å². The van der Waals surface area contributed by atoms with Crippen LogP contribution in [0.2, 0.25) is 0 Å². The minimum Gasteiger partial charge on any atom is -0.483 e. The van der Waals surface area contributed by atoms with Crippen LogP contribution in [-0.2, 0) is 16.1 Å². The van der Waals surface area contributed by atoms with Crippen LogP contribution < -0.4 is 10.1 Å². The minimum absolute atomic E-state index is 0.0418. The van der Waals surface area contributed by atoms with Crippen LogP contribution in [0.4, 0.5) is 0 Å². The molecule has 6 heteroatoms. The van der Waals surface area contributed by atoms with Gasteiger partial charge in [-0.1, -0.05) is 61.5 Å². The van der Waals surface area contributed by atoms with Gasteiger partial charge in [-0.25, -0.2) is 0 Å². The molecule has 0 aliphatic rings. The van der Waals surface area contributed by atoms with E-state index in [-0.39, 0.29) is 24.5 Å². The zero-order chi connectivity index (χ0) is 24.0. The molecule has 0 heterocycles. The standard InChI is InChI=1S/C27H31BrN2O3/c1-5-19(3)29-27(32)20(4)30(16-22-12-7-6-10-18(22)2)25(31)17-33-24-15-14-21-11-8-9-13-23(21)26(24)28/h6-15,19-20H,5,16-17H2,1-4H3,(H,29,32). The van der Waals surface area contributed by atoms with Crippen LogP contribution in [-0.4, -0.2) is 35.4 Å². The molecule has 0 bridgehead atoms. The molecule has 3 aromatic rings. The van der Waals surface area contributed by atoms with E-state index >= 15 is 0 Å². The Morgan fingerprint density at radius 1 is 1.03 bits per heavy atom. The smallest absolute Gasteiger partial charge is 0.261 e. The molecule has 0 radical (unpaired) electrons. The molecule has 3 aromatic carbocycles. The number of halogens is 1. The van der Waals surface area contributed by atoms with Crippen molar-refractivity contribution in [1.29, 1.82) is 0 Å². The van der Waals surface area contributed by atoms with Crippen LogP contribution >= 0.6 is 15.9 Å². The van der Waals surface area contributed by atoms with E-state index in [1.54, 1.807) is 11.8 Å². The zero-order valence-corrected chi connectivity index (χ0v) is 21.2. The van der Waals surface area contributed by atoms with Gasteiger partial charge in [0.2, 0.25) is 5.91 Å². The molecule has 5 nitrogen and oxygen atoms in total. The predicted molar refractivity (Wildman–Crippen MR) is 136 cm³/mol. The highest BCUT2D eigenvalue weighted by Gasteiger charge is 2.27. The van der Waals surface area contributed by atoms with Crippen LogP contribution in [0.1, 0.15) is 38.3 Å². The number of nitrogens with zero attached hydrogens (tertiary/aromatic N) is 1. The van der Waals surface area contributed by atoms with Gasteiger partial charge in [0.25, 0.3) is 5.91 Å². The van der Waals surface area contributed by atoms with Crippen LogP contribution in [0, 0.1) is 6.92 Å². The normalized spacial score (nSPS) is 12.8. The lowest BCUT2D eigenvalue weighted by Gasteiger charge is -2.30. The molecule has 0 saturated heterocycles. The number of carbonyl (C=O) groups excluding carboxylic acids is 2. The topological polar surface area (TPSA) is 58.6 Å². The molecule has 33 heavy (non-hydrogen) atoms. The molecule has 3 rings (SSSR count). The Hall–Kier alpha value is -2.86. The number of rotatable bonds is 9. The lowest BCUT2D eigenvalue weighted by atomic mass is 10.1. The second kappa shape index (κ2) is 11.3.